The number of ether oxygens (including phenoxy) is 1. The number of benzene rings is 2. The summed E-state index contributed by atoms with van der Waals surface area (Å²) in [5.41, 5.74) is 6.66. The molecule has 2 aromatic carbocycles. The van der Waals surface area contributed by atoms with Crippen LogP contribution in [0.2, 0.25) is 0 Å². The number of carbonyl (C=O) groups excluding carboxylic acids is 2. The average molecular weight is 329 g/mol. The zero-order valence-electron chi connectivity index (χ0n) is 13.9. The van der Waals surface area contributed by atoms with Gasteiger partial charge in [-0.1, -0.05) is 42.5 Å². The summed E-state index contributed by atoms with van der Waals surface area (Å²) in [7, 11) is 1.47. The van der Waals surface area contributed by atoms with Gasteiger partial charge in [-0.3, -0.25) is 9.59 Å². The molecule has 128 valence electrons. The number of nitrogens with one attached hydrogen (secondary N) is 2. The lowest BCUT2D eigenvalue weighted by atomic mass is 10.0. The number of hydrogen-bond acceptors (Lipinski definition) is 4. The number of methoxy groups -OCH3 is 1. The molecule has 4 N–H and O–H groups in total. The lowest BCUT2D eigenvalue weighted by Gasteiger charge is -2.17. The van der Waals surface area contributed by atoms with Crippen LogP contribution in [0.4, 0.5) is 0 Å². The van der Waals surface area contributed by atoms with E-state index in [0.29, 0.717) is 6.54 Å². The number of hydrogen-bond donors (Lipinski definition) is 3. The summed E-state index contributed by atoms with van der Waals surface area (Å²) in [6, 6.07) is 12.5. The number of fused-ring (bicyclic) bond motifs is 1. The van der Waals surface area contributed by atoms with E-state index < -0.39 is 18.0 Å². The summed E-state index contributed by atoms with van der Waals surface area (Å²) in [5, 5.41) is 7.64. The van der Waals surface area contributed by atoms with E-state index in [2.05, 4.69) is 10.6 Å². The van der Waals surface area contributed by atoms with Crippen LogP contribution < -0.4 is 16.4 Å². The normalized spacial score (nSPS) is 13.3. The maximum absolute atomic E-state index is 12.2. The van der Waals surface area contributed by atoms with E-state index in [9.17, 15) is 9.59 Å². The molecule has 6 heteroatoms. The minimum Gasteiger partial charge on any atom is -0.383 e. The number of carbonyl (C=O) groups is 2. The van der Waals surface area contributed by atoms with Crippen molar-refractivity contribution in [2.24, 2.45) is 5.73 Å². The maximum atomic E-state index is 12.2. The average Bonchev–Trinajstić information content (AvgIpc) is 2.59. The molecule has 0 radical (unpaired) electrons. The molecular formula is C18H23N3O3. The molecule has 0 bridgehead atoms. The highest BCUT2D eigenvalue weighted by Gasteiger charge is 2.19. The molecule has 0 aliphatic rings. The summed E-state index contributed by atoms with van der Waals surface area (Å²) >= 11 is 0. The van der Waals surface area contributed by atoms with E-state index >= 15 is 0 Å². The van der Waals surface area contributed by atoms with Crippen molar-refractivity contribution in [3.05, 3.63) is 48.0 Å². The van der Waals surface area contributed by atoms with Crippen molar-refractivity contribution in [2.45, 2.75) is 25.6 Å². The Bertz CT molecular complexity index is 712. The second kappa shape index (κ2) is 8.42. The predicted octanol–water partition coefficient (Wildman–Crippen LogP) is 0.934. The van der Waals surface area contributed by atoms with Crippen LogP contribution in [-0.4, -0.2) is 37.6 Å². The Morgan fingerprint density at radius 2 is 1.83 bits per heavy atom. The first kappa shape index (κ1) is 17.9. The highest BCUT2D eigenvalue weighted by Crippen LogP contribution is 2.18. The molecule has 2 aromatic rings. The fraction of sp³-hybridized carbons (Fsp3) is 0.333. The van der Waals surface area contributed by atoms with Gasteiger partial charge in [-0.25, -0.2) is 0 Å². The Balaban J connectivity index is 1.93. The van der Waals surface area contributed by atoms with E-state index in [1.165, 1.54) is 7.11 Å². The van der Waals surface area contributed by atoms with Crippen LogP contribution in [0.5, 0.6) is 0 Å². The zero-order valence-corrected chi connectivity index (χ0v) is 13.9. The largest absolute Gasteiger partial charge is 0.383 e. The molecule has 0 saturated carbocycles. The fourth-order valence-electron chi connectivity index (χ4n) is 2.42. The van der Waals surface area contributed by atoms with Crippen LogP contribution in [0, 0.1) is 0 Å². The third-order valence-electron chi connectivity index (χ3n) is 3.77. The van der Waals surface area contributed by atoms with Crippen molar-refractivity contribution in [1.29, 1.82) is 0 Å². The van der Waals surface area contributed by atoms with E-state index in [4.69, 9.17) is 10.5 Å². The first-order valence-electron chi connectivity index (χ1n) is 7.82. The highest BCUT2D eigenvalue weighted by molar-refractivity contribution is 5.90. The molecule has 24 heavy (non-hydrogen) atoms. The third kappa shape index (κ3) is 4.53. The van der Waals surface area contributed by atoms with Gasteiger partial charge in [0.15, 0.2) is 0 Å². The summed E-state index contributed by atoms with van der Waals surface area (Å²) in [4.78, 5) is 24.0. The molecule has 0 aromatic heterocycles. The van der Waals surface area contributed by atoms with Crippen molar-refractivity contribution < 1.29 is 14.3 Å². The molecular weight excluding hydrogens is 306 g/mol. The molecule has 0 aliphatic carbocycles. The van der Waals surface area contributed by atoms with Gasteiger partial charge in [-0.05, 0) is 23.3 Å². The monoisotopic (exact) mass is 329 g/mol. The van der Waals surface area contributed by atoms with Crippen molar-refractivity contribution in [3.8, 4) is 0 Å². The van der Waals surface area contributed by atoms with Crippen LogP contribution in [0.1, 0.15) is 12.5 Å². The summed E-state index contributed by atoms with van der Waals surface area (Å²) in [6.07, 6.45) is 0. The Kier molecular flexibility index (Phi) is 6.28. The second-order valence-electron chi connectivity index (χ2n) is 5.65. The smallest absolute Gasteiger partial charge is 0.242 e. The standard InChI is InChI=1S/C18H23N3O3/c1-12(21-18(23)16(19)11-24-2)17(22)20-10-14-8-5-7-13-6-3-4-9-15(13)14/h3-9,12,16H,10-11,19H2,1-2H3,(H,20,22)(H,21,23)/t12-,16-/m0/s1. The topological polar surface area (TPSA) is 93.4 Å². The zero-order chi connectivity index (χ0) is 17.5. The van der Waals surface area contributed by atoms with Gasteiger partial charge in [0.25, 0.3) is 0 Å². The molecule has 0 unspecified atom stereocenters. The maximum Gasteiger partial charge on any atom is 0.242 e. The predicted molar refractivity (Wildman–Crippen MR) is 93.3 cm³/mol. The molecule has 0 heterocycles. The first-order chi connectivity index (χ1) is 11.5. The van der Waals surface area contributed by atoms with Crippen molar-refractivity contribution >= 4 is 22.6 Å². The fourth-order valence-corrected chi connectivity index (χ4v) is 2.42. The van der Waals surface area contributed by atoms with Gasteiger partial charge in [0.1, 0.15) is 12.1 Å². The van der Waals surface area contributed by atoms with Gasteiger partial charge in [0, 0.05) is 13.7 Å². The van der Waals surface area contributed by atoms with Crippen LogP contribution in [0.3, 0.4) is 0 Å². The van der Waals surface area contributed by atoms with E-state index in [1.54, 1.807) is 6.92 Å². The van der Waals surface area contributed by atoms with Gasteiger partial charge in [0.05, 0.1) is 6.61 Å². The Morgan fingerprint density at radius 1 is 1.12 bits per heavy atom. The number of nitrogens with two attached hydrogens (primary N) is 1. The minimum atomic E-state index is -0.789. The van der Waals surface area contributed by atoms with Crippen LogP contribution in [-0.2, 0) is 20.9 Å². The van der Waals surface area contributed by atoms with Crippen LogP contribution in [0.15, 0.2) is 42.5 Å². The van der Waals surface area contributed by atoms with Crippen molar-refractivity contribution in [1.82, 2.24) is 10.6 Å². The SMILES string of the molecule is COC[C@H](N)C(=O)N[C@@H](C)C(=O)NCc1cccc2ccccc12. The Morgan fingerprint density at radius 3 is 2.58 bits per heavy atom. The minimum absolute atomic E-state index is 0.107. The summed E-state index contributed by atoms with van der Waals surface area (Å²) < 4.78 is 4.83. The van der Waals surface area contributed by atoms with Gasteiger partial charge in [0.2, 0.25) is 11.8 Å². The Labute approximate surface area is 141 Å². The quantitative estimate of drug-likeness (QED) is 0.704. The molecule has 2 atom stereocenters. The summed E-state index contributed by atoms with van der Waals surface area (Å²) in [5.74, 6) is -0.675. The van der Waals surface area contributed by atoms with Crippen LogP contribution >= 0.6 is 0 Å². The number of amides is 2. The Hall–Kier alpha value is -2.44. The molecule has 0 fully saturated rings. The van der Waals surface area contributed by atoms with E-state index in [1.807, 2.05) is 42.5 Å². The molecule has 2 amide bonds. The van der Waals surface area contributed by atoms with Gasteiger partial charge >= 0.3 is 0 Å². The van der Waals surface area contributed by atoms with Crippen LogP contribution in [0.25, 0.3) is 10.8 Å². The lowest BCUT2D eigenvalue weighted by Crippen LogP contribution is -2.51. The van der Waals surface area contributed by atoms with Crippen molar-refractivity contribution in [3.63, 3.8) is 0 Å². The molecule has 6 nitrogen and oxygen atoms in total. The first-order valence-corrected chi connectivity index (χ1v) is 7.82. The molecule has 2 rings (SSSR count). The van der Waals surface area contributed by atoms with Gasteiger partial charge in [-0.2, -0.15) is 0 Å². The van der Waals surface area contributed by atoms with E-state index in [-0.39, 0.29) is 12.5 Å². The molecule has 0 spiro atoms. The van der Waals surface area contributed by atoms with Gasteiger partial charge in [-0.15, -0.1) is 0 Å². The third-order valence-corrected chi connectivity index (χ3v) is 3.77. The molecule has 0 aliphatic heterocycles. The van der Waals surface area contributed by atoms with Crippen molar-refractivity contribution in [2.75, 3.05) is 13.7 Å². The summed E-state index contributed by atoms with van der Waals surface area (Å²) in [6.45, 7) is 2.12. The van der Waals surface area contributed by atoms with E-state index in [0.717, 1.165) is 16.3 Å². The number of rotatable bonds is 7. The lowest BCUT2D eigenvalue weighted by molar-refractivity contribution is -0.129. The molecule has 0 saturated heterocycles. The second-order valence-corrected chi connectivity index (χ2v) is 5.65. The highest BCUT2D eigenvalue weighted by atomic mass is 16.5. The van der Waals surface area contributed by atoms with Gasteiger partial charge < -0.3 is 21.1 Å².